The summed E-state index contributed by atoms with van der Waals surface area (Å²) >= 11 is 6.04. The van der Waals surface area contributed by atoms with Crippen molar-refractivity contribution in [3.05, 3.63) is 51.9 Å². The molecule has 1 aromatic carbocycles. The Hall–Kier alpha value is -1.94. The van der Waals surface area contributed by atoms with E-state index in [1.807, 2.05) is 6.92 Å². The van der Waals surface area contributed by atoms with Crippen LogP contribution in [0.4, 0.5) is 5.69 Å². The van der Waals surface area contributed by atoms with Gasteiger partial charge >= 0.3 is 0 Å². The molecule has 5 heteroatoms. The van der Waals surface area contributed by atoms with Gasteiger partial charge in [-0.1, -0.05) is 32.4 Å². The van der Waals surface area contributed by atoms with Crippen LogP contribution in [0.25, 0.3) is 0 Å². The molecule has 0 bridgehead atoms. The van der Waals surface area contributed by atoms with Gasteiger partial charge in [-0.05, 0) is 31.2 Å². The highest BCUT2D eigenvalue weighted by Crippen LogP contribution is 2.28. The van der Waals surface area contributed by atoms with Crippen LogP contribution in [0.2, 0.25) is 5.02 Å². The van der Waals surface area contributed by atoms with Crippen molar-refractivity contribution >= 4 is 23.2 Å². The second kappa shape index (κ2) is 6.05. The van der Waals surface area contributed by atoms with E-state index >= 15 is 0 Å². The first kappa shape index (κ1) is 16.4. The highest BCUT2D eigenvalue weighted by molar-refractivity contribution is 6.34. The lowest BCUT2D eigenvalue weighted by atomic mass is 9.93. The normalized spacial score (nSPS) is 11.5. The Morgan fingerprint density at radius 2 is 2.00 bits per heavy atom. The molecule has 1 heterocycles. The molecule has 0 aliphatic heterocycles. The lowest BCUT2D eigenvalue weighted by Gasteiger charge is -2.13. The van der Waals surface area contributed by atoms with Gasteiger partial charge in [0.05, 0.1) is 10.6 Å². The monoisotopic (exact) mass is 320 g/mol. The van der Waals surface area contributed by atoms with Crippen molar-refractivity contribution in [2.75, 3.05) is 5.32 Å². The summed E-state index contributed by atoms with van der Waals surface area (Å²) in [5.74, 6) is 1.33. The lowest BCUT2D eigenvalue weighted by Crippen LogP contribution is -2.11. The van der Waals surface area contributed by atoms with Gasteiger partial charge < -0.3 is 15.5 Å². The van der Waals surface area contributed by atoms with E-state index in [-0.39, 0.29) is 5.41 Å². The average molecular weight is 321 g/mol. The Morgan fingerprint density at radius 3 is 2.50 bits per heavy atom. The van der Waals surface area contributed by atoms with E-state index in [0.717, 1.165) is 22.8 Å². The van der Waals surface area contributed by atoms with Gasteiger partial charge in [-0.25, -0.2) is 0 Å². The highest BCUT2D eigenvalue weighted by Gasteiger charge is 2.20. The van der Waals surface area contributed by atoms with Gasteiger partial charge in [0.15, 0.2) is 0 Å². The Labute approximate surface area is 135 Å². The van der Waals surface area contributed by atoms with E-state index in [1.165, 1.54) is 0 Å². The molecule has 2 aromatic rings. The second-order valence-corrected chi connectivity index (χ2v) is 6.76. The Morgan fingerprint density at radius 1 is 1.32 bits per heavy atom. The SMILES string of the molecule is Cc1oc(C(C)(C)C)cc1CNc1ccc(C(N)=O)c(Cl)c1. The molecule has 4 nitrogen and oxygen atoms in total. The average Bonchev–Trinajstić information content (AvgIpc) is 2.77. The molecule has 118 valence electrons. The van der Waals surface area contributed by atoms with Crippen LogP contribution >= 0.6 is 11.6 Å². The third-order valence-corrected chi connectivity index (χ3v) is 3.79. The predicted octanol–water partition coefficient (Wildman–Crippen LogP) is 4.25. The molecule has 1 amide bonds. The summed E-state index contributed by atoms with van der Waals surface area (Å²) in [5.41, 5.74) is 7.46. The molecule has 22 heavy (non-hydrogen) atoms. The largest absolute Gasteiger partial charge is 0.465 e. The minimum atomic E-state index is -0.531. The summed E-state index contributed by atoms with van der Waals surface area (Å²) in [4.78, 5) is 11.2. The summed E-state index contributed by atoms with van der Waals surface area (Å²) in [6.07, 6.45) is 0. The number of furan rings is 1. The van der Waals surface area contributed by atoms with Crippen LogP contribution in [0.15, 0.2) is 28.7 Å². The number of carbonyl (C=O) groups is 1. The smallest absolute Gasteiger partial charge is 0.250 e. The molecule has 0 fully saturated rings. The van der Waals surface area contributed by atoms with Crippen molar-refractivity contribution in [3.8, 4) is 0 Å². The molecule has 0 unspecified atom stereocenters. The number of rotatable bonds is 4. The van der Waals surface area contributed by atoms with Gasteiger partial charge in [-0.3, -0.25) is 4.79 Å². The number of aryl methyl sites for hydroxylation is 1. The van der Waals surface area contributed by atoms with Crippen molar-refractivity contribution < 1.29 is 9.21 Å². The van der Waals surface area contributed by atoms with Crippen molar-refractivity contribution in [2.24, 2.45) is 5.73 Å². The Balaban J connectivity index is 2.12. The zero-order valence-corrected chi connectivity index (χ0v) is 14.0. The van der Waals surface area contributed by atoms with Crippen molar-refractivity contribution in [1.82, 2.24) is 0 Å². The van der Waals surface area contributed by atoms with Crippen LogP contribution in [0, 0.1) is 6.92 Å². The van der Waals surface area contributed by atoms with E-state index in [9.17, 15) is 4.79 Å². The van der Waals surface area contributed by atoms with Crippen molar-refractivity contribution in [3.63, 3.8) is 0 Å². The molecule has 0 spiro atoms. The number of carbonyl (C=O) groups excluding carboxylic acids is 1. The minimum absolute atomic E-state index is 0.0184. The Kier molecular flexibility index (Phi) is 4.52. The van der Waals surface area contributed by atoms with Crippen LogP contribution in [-0.4, -0.2) is 5.91 Å². The number of benzene rings is 1. The molecule has 2 rings (SSSR count). The zero-order chi connectivity index (χ0) is 16.5. The van der Waals surface area contributed by atoms with E-state index in [4.69, 9.17) is 21.8 Å². The second-order valence-electron chi connectivity index (χ2n) is 6.35. The highest BCUT2D eigenvalue weighted by atomic mass is 35.5. The first-order valence-corrected chi connectivity index (χ1v) is 7.49. The van der Waals surface area contributed by atoms with E-state index < -0.39 is 5.91 Å². The molecule has 3 N–H and O–H groups in total. The number of nitrogens with one attached hydrogen (secondary N) is 1. The Bertz CT molecular complexity index is 699. The molecule has 1 aromatic heterocycles. The first-order valence-electron chi connectivity index (χ1n) is 7.11. The van der Waals surface area contributed by atoms with Gasteiger partial charge in [-0.15, -0.1) is 0 Å². The van der Waals surface area contributed by atoms with Crippen molar-refractivity contribution in [2.45, 2.75) is 39.7 Å². The van der Waals surface area contributed by atoms with Crippen molar-refractivity contribution in [1.29, 1.82) is 0 Å². The standard InChI is InChI=1S/C17H21ClN2O2/c1-10-11(7-15(22-10)17(2,3)4)9-20-12-5-6-13(16(19)21)14(18)8-12/h5-8,20H,9H2,1-4H3,(H2,19,21). The number of hydrogen-bond acceptors (Lipinski definition) is 3. The van der Waals surface area contributed by atoms with Gasteiger partial charge in [0.25, 0.3) is 0 Å². The van der Waals surface area contributed by atoms with Gasteiger partial charge in [-0.2, -0.15) is 0 Å². The van der Waals surface area contributed by atoms with Crippen LogP contribution in [0.1, 0.15) is 48.2 Å². The summed E-state index contributed by atoms with van der Waals surface area (Å²) in [5, 5.41) is 3.62. The number of amides is 1. The van der Waals surface area contributed by atoms with E-state index in [2.05, 4.69) is 32.2 Å². The molecule has 0 aliphatic carbocycles. The molecular weight excluding hydrogens is 300 g/mol. The van der Waals surface area contributed by atoms with E-state index in [0.29, 0.717) is 17.1 Å². The number of hydrogen-bond donors (Lipinski definition) is 2. The van der Waals surface area contributed by atoms with Crippen LogP contribution in [0.3, 0.4) is 0 Å². The fourth-order valence-corrected chi connectivity index (χ4v) is 2.36. The van der Waals surface area contributed by atoms with Gasteiger partial charge in [0, 0.05) is 23.2 Å². The number of anilines is 1. The summed E-state index contributed by atoms with van der Waals surface area (Å²) in [7, 11) is 0. The van der Waals surface area contributed by atoms with Gasteiger partial charge in [0.2, 0.25) is 5.91 Å². The fraction of sp³-hybridized carbons (Fsp3) is 0.353. The van der Waals surface area contributed by atoms with E-state index in [1.54, 1.807) is 18.2 Å². The quantitative estimate of drug-likeness (QED) is 0.884. The molecule has 0 radical (unpaired) electrons. The first-order chi connectivity index (χ1) is 10.2. The third-order valence-electron chi connectivity index (χ3n) is 3.48. The number of halogens is 1. The summed E-state index contributed by atoms with van der Waals surface area (Å²) < 4.78 is 5.81. The number of primary amides is 1. The van der Waals surface area contributed by atoms with Crippen LogP contribution < -0.4 is 11.1 Å². The maximum atomic E-state index is 11.2. The predicted molar refractivity (Wildman–Crippen MR) is 89.4 cm³/mol. The maximum Gasteiger partial charge on any atom is 0.250 e. The molecular formula is C17H21ClN2O2. The zero-order valence-electron chi connectivity index (χ0n) is 13.3. The number of nitrogens with two attached hydrogens (primary N) is 1. The summed E-state index contributed by atoms with van der Waals surface area (Å²) in [6.45, 7) is 8.92. The topological polar surface area (TPSA) is 68.3 Å². The van der Waals surface area contributed by atoms with Crippen LogP contribution in [-0.2, 0) is 12.0 Å². The third kappa shape index (κ3) is 3.63. The van der Waals surface area contributed by atoms with Crippen LogP contribution in [0.5, 0.6) is 0 Å². The maximum absolute atomic E-state index is 11.2. The fourth-order valence-electron chi connectivity index (χ4n) is 2.09. The summed E-state index contributed by atoms with van der Waals surface area (Å²) in [6, 6.07) is 7.17. The lowest BCUT2D eigenvalue weighted by molar-refractivity contribution is 0.100. The molecule has 0 aliphatic rings. The minimum Gasteiger partial charge on any atom is -0.465 e. The molecule has 0 saturated heterocycles. The van der Waals surface area contributed by atoms with Gasteiger partial charge in [0.1, 0.15) is 11.5 Å². The molecule has 0 saturated carbocycles. The molecule has 0 atom stereocenters.